The fourth-order valence-corrected chi connectivity index (χ4v) is 2.57. The van der Waals surface area contributed by atoms with E-state index in [4.69, 9.17) is 32.7 Å². The summed E-state index contributed by atoms with van der Waals surface area (Å²) in [6.07, 6.45) is 2.82. The molecular formula is C15H17Cl2NO4. The highest BCUT2D eigenvalue weighted by atomic mass is 35.5. The Bertz CT molecular complexity index is 617. The molecule has 0 aliphatic rings. The van der Waals surface area contributed by atoms with Crippen LogP contribution in [0.5, 0.6) is 11.5 Å². The maximum Gasteiger partial charge on any atom is 0.186 e. The van der Waals surface area contributed by atoms with Crippen molar-refractivity contribution in [2.24, 2.45) is 0 Å². The van der Waals surface area contributed by atoms with Gasteiger partial charge in [0.25, 0.3) is 0 Å². The third kappa shape index (κ3) is 4.01. The van der Waals surface area contributed by atoms with E-state index in [1.54, 1.807) is 44.8 Å². The number of hydrogen-bond acceptors (Lipinski definition) is 4. The van der Waals surface area contributed by atoms with Crippen LogP contribution < -0.4 is 14.5 Å². The first-order chi connectivity index (χ1) is 10.1. The normalized spacial score (nSPS) is 11.5. The fourth-order valence-electron chi connectivity index (χ4n) is 2.04. The van der Waals surface area contributed by atoms with Gasteiger partial charge >= 0.3 is 0 Å². The lowest BCUT2D eigenvalue weighted by Crippen LogP contribution is -2.07. The van der Waals surface area contributed by atoms with Gasteiger partial charge < -0.3 is 20.1 Å². The first-order valence-corrected chi connectivity index (χ1v) is 7.06. The number of aromatic nitrogens is 1. The van der Waals surface area contributed by atoms with Crippen LogP contribution in [0.3, 0.4) is 0 Å². The van der Waals surface area contributed by atoms with Gasteiger partial charge in [-0.1, -0.05) is 29.3 Å². The van der Waals surface area contributed by atoms with Crippen LogP contribution in [0, 0.1) is 0 Å². The zero-order valence-electron chi connectivity index (χ0n) is 12.1. The first kappa shape index (κ1) is 18.5. The number of ether oxygens (including phenoxy) is 2. The zero-order valence-corrected chi connectivity index (χ0v) is 13.6. The lowest BCUT2D eigenvalue weighted by Gasteiger charge is -2.15. The van der Waals surface area contributed by atoms with Gasteiger partial charge in [-0.3, -0.25) is 0 Å². The van der Waals surface area contributed by atoms with E-state index in [0.717, 1.165) is 0 Å². The molecule has 5 nitrogen and oxygen atoms in total. The predicted octanol–water partition coefficient (Wildman–Crippen LogP) is 2.92. The molecule has 1 heterocycles. The number of nitrogens with one attached hydrogen (secondary N) is 1. The largest absolute Gasteiger partial charge is 0.870 e. The summed E-state index contributed by atoms with van der Waals surface area (Å²) < 4.78 is 10.4. The Labute approximate surface area is 138 Å². The molecule has 0 saturated carbocycles. The van der Waals surface area contributed by atoms with E-state index in [0.29, 0.717) is 39.1 Å². The van der Waals surface area contributed by atoms with Crippen LogP contribution >= 0.6 is 23.2 Å². The van der Waals surface area contributed by atoms with E-state index in [1.807, 2.05) is 0 Å². The third-order valence-electron chi connectivity index (χ3n) is 3.19. The van der Waals surface area contributed by atoms with Crippen LogP contribution in [0.25, 0.3) is 0 Å². The lowest BCUT2D eigenvalue weighted by atomic mass is 10.0. The van der Waals surface area contributed by atoms with Gasteiger partial charge in [0.15, 0.2) is 23.9 Å². The quantitative estimate of drug-likeness (QED) is 0.902. The van der Waals surface area contributed by atoms with Gasteiger partial charge in [0.1, 0.15) is 10.0 Å². The molecule has 120 valence electrons. The molecule has 2 aromatic rings. The summed E-state index contributed by atoms with van der Waals surface area (Å²) in [7, 11) is 3.11. The van der Waals surface area contributed by atoms with Gasteiger partial charge in [-0.05, 0) is 17.7 Å². The van der Waals surface area contributed by atoms with Crippen LogP contribution in [-0.2, 0) is 6.42 Å². The Hall–Kier alpha value is -1.53. The summed E-state index contributed by atoms with van der Waals surface area (Å²) in [6.45, 7) is 0. The lowest BCUT2D eigenvalue weighted by molar-refractivity contribution is -0.377. The summed E-state index contributed by atoms with van der Waals surface area (Å²) in [6, 6.07) is 5.27. The smallest absolute Gasteiger partial charge is 0.186 e. The predicted molar refractivity (Wildman–Crippen MR) is 83.2 cm³/mol. The first-order valence-electron chi connectivity index (χ1n) is 6.30. The number of pyridine rings is 1. The molecule has 3 N–H and O–H groups in total. The van der Waals surface area contributed by atoms with Gasteiger partial charge in [0.2, 0.25) is 0 Å². The summed E-state index contributed by atoms with van der Waals surface area (Å²) >= 11 is 12.2. The Kier molecular flexibility index (Phi) is 6.90. The Morgan fingerprint density at radius 2 is 1.68 bits per heavy atom. The Morgan fingerprint density at radius 3 is 2.23 bits per heavy atom. The molecule has 0 amide bonds. The number of aliphatic hydroxyl groups is 1. The molecule has 1 unspecified atom stereocenters. The SMILES string of the molecule is COc1ccc(C(O)Cc2c(Cl)c[nH+]cc2Cl)cc1OC.[OH-]. The number of benzene rings is 1. The van der Waals surface area contributed by atoms with Crippen molar-refractivity contribution in [2.75, 3.05) is 14.2 Å². The summed E-state index contributed by atoms with van der Waals surface area (Å²) in [5.41, 5.74) is 1.40. The standard InChI is InChI=1S/C15H15Cl2NO3.H2O/c1-20-14-4-3-9(5-15(14)21-2)13(19)6-10-11(16)7-18-8-12(10)17;/h3-5,7-8,13,19H,6H2,1-2H3;1H2. The molecule has 0 fully saturated rings. The van der Waals surface area contributed by atoms with Crippen molar-refractivity contribution in [3.8, 4) is 11.5 Å². The second-order valence-corrected chi connectivity index (χ2v) is 5.28. The van der Waals surface area contributed by atoms with E-state index >= 15 is 0 Å². The van der Waals surface area contributed by atoms with Crippen LogP contribution in [0.15, 0.2) is 30.6 Å². The summed E-state index contributed by atoms with van der Waals surface area (Å²) in [4.78, 5) is 2.83. The monoisotopic (exact) mass is 345 g/mol. The minimum absolute atomic E-state index is 0. The highest BCUT2D eigenvalue weighted by Gasteiger charge is 2.17. The minimum Gasteiger partial charge on any atom is -0.870 e. The van der Waals surface area contributed by atoms with Gasteiger partial charge in [-0.2, -0.15) is 0 Å². The van der Waals surface area contributed by atoms with Crippen LogP contribution in [0.1, 0.15) is 17.2 Å². The molecule has 7 heteroatoms. The van der Waals surface area contributed by atoms with Gasteiger partial charge in [0.05, 0.1) is 20.3 Å². The molecular weight excluding hydrogens is 329 g/mol. The molecule has 1 aromatic carbocycles. The van der Waals surface area contributed by atoms with Gasteiger partial charge in [0, 0.05) is 12.0 Å². The maximum atomic E-state index is 10.4. The molecule has 0 saturated heterocycles. The van der Waals surface area contributed by atoms with Gasteiger partial charge in [-0.25, -0.2) is 4.98 Å². The Balaban J connectivity index is 0.00000242. The zero-order chi connectivity index (χ0) is 15.4. The molecule has 1 atom stereocenters. The summed E-state index contributed by atoms with van der Waals surface area (Å²) in [5.74, 6) is 1.17. The average Bonchev–Trinajstić information content (AvgIpc) is 2.50. The van der Waals surface area contributed by atoms with Crippen LogP contribution in [-0.4, -0.2) is 24.8 Å². The van der Waals surface area contributed by atoms with E-state index in [9.17, 15) is 5.11 Å². The molecule has 22 heavy (non-hydrogen) atoms. The topological polar surface area (TPSA) is 82.8 Å². The Morgan fingerprint density at radius 1 is 1.09 bits per heavy atom. The van der Waals surface area contributed by atoms with Crippen molar-refractivity contribution in [3.63, 3.8) is 0 Å². The van der Waals surface area contributed by atoms with E-state index in [-0.39, 0.29) is 5.48 Å². The second-order valence-electron chi connectivity index (χ2n) is 4.46. The average molecular weight is 346 g/mol. The minimum atomic E-state index is -0.748. The molecule has 0 spiro atoms. The van der Waals surface area contributed by atoms with E-state index in [2.05, 4.69) is 4.98 Å². The highest BCUT2D eigenvalue weighted by molar-refractivity contribution is 6.35. The summed E-state index contributed by atoms with van der Waals surface area (Å²) in [5, 5.41) is 11.4. The number of hydrogen-bond donors (Lipinski definition) is 1. The van der Waals surface area contributed by atoms with Crippen LogP contribution in [0.4, 0.5) is 0 Å². The van der Waals surface area contributed by atoms with Gasteiger partial charge in [-0.15, -0.1) is 0 Å². The number of aliphatic hydroxyl groups excluding tert-OH is 1. The third-order valence-corrected chi connectivity index (χ3v) is 3.86. The van der Waals surface area contributed by atoms with Crippen molar-refractivity contribution in [1.29, 1.82) is 0 Å². The molecule has 1 aromatic heterocycles. The van der Waals surface area contributed by atoms with Crippen molar-refractivity contribution in [3.05, 3.63) is 51.8 Å². The number of methoxy groups -OCH3 is 2. The molecule has 2 rings (SSSR count). The second kappa shape index (κ2) is 8.19. The van der Waals surface area contributed by atoms with Crippen molar-refractivity contribution >= 4 is 23.2 Å². The fraction of sp³-hybridized carbons (Fsp3) is 0.267. The number of rotatable bonds is 5. The number of aromatic amines is 1. The highest BCUT2D eigenvalue weighted by Crippen LogP contribution is 2.32. The molecule has 0 bridgehead atoms. The van der Waals surface area contributed by atoms with Crippen molar-refractivity contribution < 1.29 is 25.0 Å². The van der Waals surface area contributed by atoms with Crippen molar-refractivity contribution in [1.82, 2.24) is 0 Å². The van der Waals surface area contributed by atoms with Crippen molar-refractivity contribution in [2.45, 2.75) is 12.5 Å². The molecule has 0 aliphatic heterocycles. The molecule has 0 aliphatic carbocycles. The molecule has 0 radical (unpaired) electrons. The van der Waals surface area contributed by atoms with Crippen LogP contribution in [0.2, 0.25) is 10.0 Å². The van der Waals surface area contributed by atoms with E-state index in [1.165, 1.54) is 0 Å². The number of H-pyrrole nitrogens is 1. The van der Waals surface area contributed by atoms with E-state index < -0.39 is 6.10 Å². The number of halogens is 2. The maximum absolute atomic E-state index is 10.4.